The number of hydrogen-bond acceptors (Lipinski definition) is 3. The predicted molar refractivity (Wildman–Crippen MR) is 76.5 cm³/mol. The highest BCUT2D eigenvalue weighted by Gasteiger charge is 2.13. The third-order valence-electron chi connectivity index (χ3n) is 3.76. The number of nitrogens with one attached hydrogen (secondary N) is 1. The van der Waals surface area contributed by atoms with Crippen molar-refractivity contribution in [1.82, 2.24) is 5.32 Å². The van der Waals surface area contributed by atoms with Crippen molar-refractivity contribution in [1.29, 1.82) is 0 Å². The largest absolute Gasteiger partial charge is 0.497 e. The van der Waals surface area contributed by atoms with Gasteiger partial charge in [-0.25, -0.2) is 0 Å². The Balaban J connectivity index is 1.77. The summed E-state index contributed by atoms with van der Waals surface area (Å²) in [6.07, 6.45) is 3.95. The molecular formula is C15H24N2O. The van der Waals surface area contributed by atoms with E-state index >= 15 is 0 Å². The molecule has 1 aliphatic rings. The van der Waals surface area contributed by atoms with Crippen LogP contribution in [0.1, 0.15) is 19.3 Å². The highest BCUT2D eigenvalue weighted by molar-refractivity contribution is 5.49. The first-order valence-electron chi connectivity index (χ1n) is 6.85. The first kappa shape index (κ1) is 13.2. The summed E-state index contributed by atoms with van der Waals surface area (Å²) in [6.45, 7) is 3.53. The normalized spacial score (nSPS) is 18.9. The molecule has 0 spiro atoms. The van der Waals surface area contributed by atoms with Gasteiger partial charge in [0.15, 0.2) is 0 Å². The van der Waals surface area contributed by atoms with Gasteiger partial charge in [-0.05, 0) is 50.4 Å². The van der Waals surface area contributed by atoms with Crippen molar-refractivity contribution in [2.45, 2.75) is 19.3 Å². The van der Waals surface area contributed by atoms with Crippen LogP contribution in [-0.2, 0) is 0 Å². The minimum atomic E-state index is 0.892. The van der Waals surface area contributed by atoms with E-state index < -0.39 is 0 Å². The zero-order chi connectivity index (χ0) is 12.8. The molecule has 0 radical (unpaired) electrons. The van der Waals surface area contributed by atoms with Gasteiger partial charge in [-0.15, -0.1) is 0 Å². The topological polar surface area (TPSA) is 24.5 Å². The molecule has 100 valence electrons. The lowest BCUT2D eigenvalue weighted by atomic mass is 10.0. The highest BCUT2D eigenvalue weighted by Crippen LogP contribution is 2.21. The van der Waals surface area contributed by atoms with Crippen LogP contribution in [0.5, 0.6) is 5.75 Å². The Labute approximate surface area is 110 Å². The Morgan fingerprint density at radius 2 is 2.33 bits per heavy atom. The van der Waals surface area contributed by atoms with Gasteiger partial charge in [0.1, 0.15) is 5.75 Å². The van der Waals surface area contributed by atoms with E-state index in [0.29, 0.717) is 0 Å². The van der Waals surface area contributed by atoms with Crippen molar-refractivity contribution in [2.24, 2.45) is 5.92 Å². The molecular weight excluding hydrogens is 224 g/mol. The van der Waals surface area contributed by atoms with E-state index in [1.54, 1.807) is 7.11 Å². The van der Waals surface area contributed by atoms with Gasteiger partial charge in [-0.3, -0.25) is 0 Å². The molecule has 18 heavy (non-hydrogen) atoms. The number of rotatable bonds is 6. The van der Waals surface area contributed by atoms with Crippen LogP contribution < -0.4 is 15.0 Å². The van der Waals surface area contributed by atoms with Crippen LogP contribution in [-0.4, -0.2) is 33.8 Å². The van der Waals surface area contributed by atoms with E-state index in [9.17, 15) is 0 Å². The van der Waals surface area contributed by atoms with Crippen LogP contribution in [0, 0.1) is 5.92 Å². The van der Waals surface area contributed by atoms with Crippen molar-refractivity contribution in [2.75, 3.05) is 38.7 Å². The predicted octanol–water partition coefficient (Wildman–Crippen LogP) is 2.52. The fourth-order valence-corrected chi connectivity index (χ4v) is 2.55. The van der Waals surface area contributed by atoms with E-state index in [1.165, 1.54) is 38.0 Å². The van der Waals surface area contributed by atoms with Crippen molar-refractivity contribution in [3.8, 4) is 5.75 Å². The first-order valence-corrected chi connectivity index (χ1v) is 6.85. The van der Waals surface area contributed by atoms with Gasteiger partial charge < -0.3 is 15.0 Å². The minimum absolute atomic E-state index is 0.892. The second kappa shape index (κ2) is 6.64. The van der Waals surface area contributed by atoms with Gasteiger partial charge in [0.2, 0.25) is 0 Å². The molecule has 3 heteroatoms. The van der Waals surface area contributed by atoms with Crippen molar-refractivity contribution in [3.05, 3.63) is 24.3 Å². The Morgan fingerprint density at radius 1 is 1.44 bits per heavy atom. The van der Waals surface area contributed by atoms with E-state index in [0.717, 1.165) is 18.2 Å². The van der Waals surface area contributed by atoms with Crippen LogP contribution in [0.15, 0.2) is 24.3 Å². The smallest absolute Gasteiger partial charge is 0.120 e. The summed E-state index contributed by atoms with van der Waals surface area (Å²) in [4.78, 5) is 2.31. The van der Waals surface area contributed by atoms with Crippen LogP contribution in [0.4, 0.5) is 5.69 Å². The zero-order valence-corrected chi connectivity index (χ0v) is 11.5. The molecule has 1 aromatic carbocycles. The molecule has 1 N–H and O–H groups in total. The molecule has 1 heterocycles. The van der Waals surface area contributed by atoms with E-state index in [1.807, 2.05) is 12.1 Å². The molecule has 1 aliphatic heterocycles. The van der Waals surface area contributed by atoms with Crippen LogP contribution in [0.2, 0.25) is 0 Å². The van der Waals surface area contributed by atoms with Gasteiger partial charge in [0.25, 0.3) is 0 Å². The number of methoxy groups -OCH3 is 1. The molecule has 1 unspecified atom stereocenters. The number of benzene rings is 1. The summed E-state index contributed by atoms with van der Waals surface area (Å²) in [5.41, 5.74) is 1.24. The fourth-order valence-electron chi connectivity index (χ4n) is 2.55. The van der Waals surface area contributed by atoms with Gasteiger partial charge in [-0.2, -0.15) is 0 Å². The standard InChI is InChI=1S/C15H24N2O/c1-17(10-4-5-13-8-9-16-12-13)14-6-3-7-15(11-14)18-2/h3,6-7,11,13,16H,4-5,8-10,12H2,1-2H3. The Kier molecular flexibility index (Phi) is 4.88. The molecule has 1 aromatic rings. The summed E-state index contributed by atoms with van der Waals surface area (Å²) >= 11 is 0. The van der Waals surface area contributed by atoms with Crippen molar-refractivity contribution >= 4 is 5.69 Å². The number of ether oxygens (including phenoxy) is 1. The zero-order valence-electron chi connectivity index (χ0n) is 11.5. The fraction of sp³-hybridized carbons (Fsp3) is 0.600. The van der Waals surface area contributed by atoms with Crippen LogP contribution in [0.25, 0.3) is 0 Å². The van der Waals surface area contributed by atoms with Gasteiger partial charge in [-0.1, -0.05) is 6.07 Å². The van der Waals surface area contributed by atoms with Crippen LogP contribution >= 0.6 is 0 Å². The maximum Gasteiger partial charge on any atom is 0.120 e. The monoisotopic (exact) mass is 248 g/mol. The molecule has 1 saturated heterocycles. The van der Waals surface area contributed by atoms with Crippen LogP contribution in [0.3, 0.4) is 0 Å². The lowest BCUT2D eigenvalue weighted by Crippen LogP contribution is -2.19. The van der Waals surface area contributed by atoms with Crippen molar-refractivity contribution in [3.63, 3.8) is 0 Å². The Bertz CT molecular complexity index is 361. The van der Waals surface area contributed by atoms with E-state index in [-0.39, 0.29) is 0 Å². The number of hydrogen-bond donors (Lipinski definition) is 1. The third-order valence-corrected chi connectivity index (χ3v) is 3.76. The third kappa shape index (κ3) is 3.64. The SMILES string of the molecule is COc1cccc(N(C)CCCC2CCNC2)c1. The average Bonchev–Trinajstić information content (AvgIpc) is 2.92. The molecule has 0 aromatic heterocycles. The summed E-state index contributed by atoms with van der Waals surface area (Å²) in [5, 5.41) is 3.43. The first-order chi connectivity index (χ1) is 8.79. The lowest BCUT2D eigenvalue weighted by molar-refractivity contribution is 0.415. The van der Waals surface area contributed by atoms with E-state index in [2.05, 4.69) is 29.4 Å². The molecule has 3 nitrogen and oxygen atoms in total. The lowest BCUT2D eigenvalue weighted by Gasteiger charge is -2.20. The second-order valence-corrected chi connectivity index (χ2v) is 5.12. The maximum absolute atomic E-state index is 5.26. The van der Waals surface area contributed by atoms with Crippen molar-refractivity contribution < 1.29 is 4.74 Å². The summed E-state index contributed by atoms with van der Waals surface area (Å²) in [5.74, 6) is 1.82. The Hall–Kier alpha value is -1.22. The van der Waals surface area contributed by atoms with Gasteiger partial charge in [0, 0.05) is 25.3 Å². The molecule has 1 fully saturated rings. The average molecular weight is 248 g/mol. The highest BCUT2D eigenvalue weighted by atomic mass is 16.5. The molecule has 0 bridgehead atoms. The Morgan fingerprint density at radius 3 is 3.06 bits per heavy atom. The van der Waals surface area contributed by atoms with Gasteiger partial charge >= 0.3 is 0 Å². The summed E-state index contributed by atoms with van der Waals surface area (Å²) in [6, 6.07) is 8.27. The van der Waals surface area contributed by atoms with Gasteiger partial charge in [0.05, 0.1) is 7.11 Å². The molecule has 0 saturated carbocycles. The van der Waals surface area contributed by atoms with E-state index in [4.69, 9.17) is 4.74 Å². The minimum Gasteiger partial charge on any atom is -0.497 e. The maximum atomic E-state index is 5.26. The quantitative estimate of drug-likeness (QED) is 0.837. The molecule has 0 amide bonds. The molecule has 2 rings (SSSR count). The number of anilines is 1. The number of nitrogens with zero attached hydrogens (tertiary/aromatic N) is 1. The second-order valence-electron chi connectivity index (χ2n) is 5.12. The summed E-state index contributed by atoms with van der Waals surface area (Å²) < 4.78 is 5.26. The molecule has 0 aliphatic carbocycles. The molecule has 1 atom stereocenters. The summed E-state index contributed by atoms with van der Waals surface area (Å²) in [7, 11) is 3.87.